The number of hydrogen-bond acceptors (Lipinski definition) is 3. The molecule has 0 aliphatic carbocycles. The number of carbonyl (C=O) groups is 1. The Bertz CT molecular complexity index is 229. The number of rotatable bonds is 1. The van der Waals surface area contributed by atoms with Crippen LogP contribution in [0.5, 0.6) is 0 Å². The molecule has 0 aromatic carbocycles. The van der Waals surface area contributed by atoms with Gasteiger partial charge in [0.25, 0.3) is 0 Å². The maximum Gasteiger partial charge on any atom is 0.242 e. The number of guanidine groups is 1. The molecule has 4 N–H and O–H groups in total. The summed E-state index contributed by atoms with van der Waals surface area (Å²) in [5.74, 6) is -0.0675. The Morgan fingerprint density at radius 1 is 1.92 bits per heavy atom. The highest BCUT2D eigenvalue weighted by molar-refractivity contribution is 5.89. The standard InChI is InChI=1S/C7H14N4O2/c1-2-5-6(12)9-3-4-11(5)7(8)10-13/h5,13H,2-4H2,1H3,(H2,8,10)(H,9,12). The van der Waals surface area contributed by atoms with Crippen LogP contribution in [0.1, 0.15) is 13.3 Å². The summed E-state index contributed by atoms with van der Waals surface area (Å²) < 4.78 is 0. The SMILES string of the molecule is CCC1C(=O)NCCN1C(N)=NO. The Kier molecular flexibility index (Phi) is 2.94. The fourth-order valence-corrected chi connectivity index (χ4v) is 1.45. The van der Waals surface area contributed by atoms with Gasteiger partial charge in [0.05, 0.1) is 0 Å². The first kappa shape index (κ1) is 9.63. The van der Waals surface area contributed by atoms with Crippen LogP contribution in [-0.4, -0.2) is 41.1 Å². The highest BCUT2D eigenvalue weighted by atomic mass is 16.4. The minimum absolute atomic E-state index is 0.00157. The van der Waals surface area contributed by atoms with Crippen LogP contribution in [0.4, 0.5) is 0 Å². The van der Waals surface area contributed by atoms with Gasteiger partial charge in [-0.2, -0.15) is 0 Å². The summed E-state index contributed by atoms with van der Waals surface area (Å²) in [5, 5.41) is 14.1. The van der Waals surface area contributed by atoms with E-state index in [1.807, 2.05) is 6.92 Å². The van der Waals surface area contributed by atoms with Crippen molar-refractivity contribution in [3.8, 4) is 0 Å². The molecule has 1 unspecified atom stereocenters. The zero-order valence-electron chi connectivity index (χ0n) is 7.53. The van der Waals surface area contributed by atoms with Gasteiger partial charge >= 0.3 is 0 Å². The van der Waals surface area contributed by atoms with Crippen LogP contribution in [0.15, 0.2) is 5.16 Å². The second kappa shape index (κ2) is 3.97. The third kappa shape index (κ3) is 1.82. The molecule has 0 spiro atoms. The molecule has 1 atom stereocenters. The van der Waals surface area contributed by atoms with E-state index in [4.69, 9.17) is 10.9 Å². The number of piperazine rings is 1. The van der Waals surface area contributed by atoms with Gasteiger partial charge in [0.15, 0.2) is 0 Å². The van der Waals surface area contributed by atoms with Gasteiger partial charge in [-0.15, -0.1) is 0 Å². The highest BCUT2D eigenvalue weighted by Gasteiger charge is 2.29. The molecule has 6 nitrogen and oxygen atoms in total. The van der Waals surface area contributed by atoms with Crippen molar-refractivity contribution < 1.29 is 10.0 Å². The molecule has 0 bridgehead atoms. The zero-order valence-corrected chi connectivity index (χ0v) is 7.53. The van der Waals surface area contributed by atoms with Crippen LogP contribution in [0.2, 0.25) is 0 Å². The molecule has 1 amide bonds. The predicted molar refractivity (Wildman–Crippen MR) is 47.2 cm³/mol. The summed E-state index contributed by atoms with van der Waals surface area (Å²) in [6, 6.07) is -0.315. The lowest BCUT2D eigenvalue weighted by atomic mass is 10.1. The number of nitrogens with one attached hydrogen (secondary N) is 1. The molecule has 1 fully saturated rings. The molecule has 1 aliphatic heterocycles. The third-order valence-corrected chi connectivity index (χ3v) is 2.11. The van der Waals surface area contributed by atoms with Crippen LogP contribution in [-0.2, 0) is 4.79 Å². The number of hydrogen-bond donors (Lipinski definition) is 3. The molecule has 1 saturated heterocycles. The molecule has 0 aromatic rings. The van der Waals surface area contributed by atoms with Gasteiger partial charge in [0.2, 0.25) is 11.9 Å². The molecule has 0 aromatic heterocycles. The average Bonchev–Trinajstić information content (AvgIpc) is 2.16. The summed E-state index contributed by atoms with van der Waals surface area (Å²) in [5.41, 5.74) is 5.42. The summed E-state index contributed by atoms with van der Waals surface area (Å²) in [6.07, 6.45) is 0.641. The normalized spacial score (nSPS) is 24.4. The average molecular weight is 186 g/mol. The third-order valence-electron chi connectivity index (χ3n) is 2.11. The van der Waals surface area contributed by atoms with Crippen molar-refractivity contribution in [2.24, 2.45) is 10.9 Å². The van der Waals surface area contributed by atoms with Crippen LogP contribution in [0.3, 0.4) is 0 Å². The van der Waals surface area contributed by atoms with Crippen molar-refractivity contribution in [2.45, 2.75) is 19.4 Å². The van der Waals surface area contributed by atoms with Gasteiger partial charge < -0.3 is 21.2 Å². The lowest BCUT2D eigenvalue weighted by molar-refractivity contribution is -0.127. The molecular formula is C7H14N4O2. The first-order valence-corrected chi connectivity index (χ1v) is 4.22. The predicted octanol–water partition coefficient (Wildman–Crippen LogP) is -1.10. The zero-order chi connectivity index (χ0) is 9.84. The summed E-state index contributed by atoms with van der Waals surface area (Å²) in [7, 11) is 0. The van der Waals surface area contributed by atoms with Crippen molar-refractivity contribution in [1.82, 2.24) is 10.2 Å². The Labute approximate surface area is 76.4 Å². The maximum absolute atomic E-state index is 11.3. The van der Waals surface area contributed by atoms with Crippen LogP contribution in [0.25, 0.3) is 0 Å². The van der Waals surface area contributed by atoms with E-state index in [9.17, 15) is 4.79 Å². The lowest BCUT2D eigenvalue weighted by Crippen LogP contribution is -2.58. The molecule has 13 heavy (non-hydrogen) atoms. The minimum atomic E-state index is -0.315. The van der Waals surface area contributed by atoms with Gasteiger partial charge in [-0.25, -0.2) is 0 Å². The lowest BCUT2D eigenvalue weighted by Gasteiger charge is -2.34. The molecule has 0 saturated carbocycles. The first-order valence-electron chi connectivity index (χ1n) is 4.22. The minimum Gasteiger partial charge on any atom is -0.408 e. The molecule has 1 heterocycles. The van der Waals surface area contributed by atoms with Gasteiger partial charge in [0.1, 0.15) is 6.04 Å². The summed E-state index contributed by atoms with van der Waals surface area (Å²) in [6.45, 7) is 3.00. The fraction of sp³-hybridized carbons (Fsp3) is 0.714. The maximum atomic E-state index is 11.3. The monoisotopic (exact) mass is 186 g/mol. The number of carbonyl (C=O) groups excluding carboxylic acids is 1. The Morgan fingerprint density at radius 2 is 2.62 bits per heavy atom. The Morgan fingerprint density at radius 3 is 3.15 bits per heavy atom. The van der Waals surface area contributed by atoms with E-state index in [-0.39, 0.29) is 17.9 Å². The smallest absolute Gasteiger partial charge is 0.242 e. The van der Waals surface area contributed by atoms with Crippen molar-refractivity contribution in [3.05, 3.63) is 0 Å². The van der Waals surface area contributed by atoms with Gasteiger partial charge in [0, 0.05) is 13.1 Å². The number of nitrogens with two attached hydrogens (primary N) is 1. The van der Waals surface area contributed by atoms with E-state index < -0.39 is 0 Å². The van der Waals surface area contributed by atoms with Gasteiger partial charge in [-0.3, -0.25) is 4.79 Å². The fourth-order valence-electron chi connectivity index (χ4n) is 1.45. The quantitative estimate of drug-likeness (QED) is 0.210. The van der Waals surface area contributed by atoms with Crippen molar-refractivity contribution in [1.29, 1.82) is 0 Å². The van der Waals surface area contributed by atoms with E-state index in [1.165, 1.54) is 0 Å². The van der Waals surface area contributed by atoms with E-state index in [2.05, 4.69) is 10.5 Å². The topological polar surface area (TPSA) is 91.0 Å². The second-order valence-corrected chi connectivity index (χ2v) is 2.87. The first-order chi connectivity index (χ1) is 6.20. The second-order valence-electron chi connectivity index (χ2n) is 2.87. The number of nitrogens with zero attached hydrogens (tertiary/aromatic N) is 2. The largest absolute Gasteiger partial charge is 0.408 e. The van der Waals surface area contributed by atoms with E-state index in [1.54, 1.807) is 4.90 Å². The van der Waals surface area contributed by atoms with Crippen molar-refractivity contribution in [3.63, 3.8) is 0 Å². The van der Waals surface area contributed by atoms with E-state index in [0.717, 1.165) is 0 Å². The molecule has 74 valence electrons. The molecule has 0 radical (unpaired) electrons. The van der Waals surface area contributed by atoms with Crippen LogP contribution < -0.4 is 11.1 Å². The Balaban J connectivity index is 2.76. The van der Waals surface area contributed by atoms with Crippen LogP contribution in [0, 0.1) is 0 Å². The summed E-state index contributed by atoms with van der Waals surface area (Å²) >= 11 is 0. The highest BCUT2D eigenvalue weighted by Crippen LogP contribution is 2.07. The number of amides is 1. The molecule has 1 aliphatic rings. The molecular weight excluding hydrogens is 172 g/mol. The Hall–Kier alpha value is -1.46. The van der Waals surface area contributed by atoms with Crippen LogP contribution >= 0.6 is 0 Å². The number of oxime groups is 1. The summed E-state index contributed by atoms with van der Waals surface area (Å²) in [4.78, 5) is 12.9. The van der Waals surface area contributed by atoms with Crippen molar-refractivity contribution >= 4 is 11.9 Å². The van der Waals surface area contributed by atoms with Crippen molar-refractivity contribution in [2.75, 3.05) is 13.1 Å². The van der Waals surface area contributed by atoms with Gasteiger partial charge in [-0.05, 0) is 6.42 Å². The van der Waals surface area contributed by atoms with E-state index in [0.29, 0.717) is 19.5 Å². The van der Waals surface area contributed by atoms with E-state index >= 15 is 0 Å². The molecule has 1 rings (SSSR count). The molecule has 6 heteroatoms. The van der Waals surface area contributed by atoms with Gasteiger partial charge in [-0.1, -0.05) is 12.1 Å².